The van der Waals surface area contributed by atoms with E-state index in [0.717, 1.165) is 15.2 Å². The van der Waals surface area contributed by atoms with Crippen LogP contribution in [0.2, 0.25) is 5.02 Å². The molecule has 2 aromatic rings. The van der Waals surface area contributed by atoms with Crippen LogP contribution in [-0.4, -0.2) is 33.3 Å². The number of benzene rings is 1. The topological polar surface area (TPSA) is 96.6 Å². The van der Waals surface area contributed by atoms with Crippen LogP contribution in [0.5, 0.6) is 0 Å². The zero-order valence-electron chi connectivity index (χ0n) is 16.6. The second-order valence-corrected chi connectivity index (χ2v) is 7.14. The summed E-state index contributed by atoms with van der Waals surface area (Å²) >= 11 is 6.08. The quantitative estimate of drug-likeness (QED) is 0.486. The van der Waals surface area contributed by atoms with Gasteiger partial charge < -0.3 is 9.47 Å². The molecule has 2 rings (SSSR count). The predicted octanol–water partition coefficient (Wildman–Crippen LogP) is 2.32. The largest absolute Gasteiger partial charge is 0.459 e. The summed E-state index contributed by atoms with van der Waals surface area (Å²) in [6.07, 6.45) is 1.36. The van der Waals surface area contributed by atoms with Crippen molar-refractivity contribution in [3.8, 4) is 5.69 Å². The smallest absolute Gasteiger partial charge is 0.350 e. The Kier molecular flexibility index (Phi) is 6.99. The number of hydrogen-bond donors (Lipinski definition) is 0. The Bertz CT molecular complexity index is 1120. The van der Waals surface area contributed by atoms with E-state index in [2.05, 4.69) is 6.58 Å². The van der Waals surface area contributed by atoms with E-state index in [-0.39, 0.29) is 28.6 Å². The monoisotopic (exact) mass is 438 g/mol. The third kappa shape index (κ3) is 4.68. The fraction of sp³-hybridized carbons (Fsp3) is 0.300. The van der Waals surface area contributed by atoms with Crippen molar-refractivity contribution in [2.45, 2.75) is 26.1 Å². The number of rotatable bonds is 7. The highest BCUT2D eigenvalue weighted by molar-refractivity contribution is 6.33. The van der Waals surface area contributed by atoms with Crippen LogP contribution in [0.4, 0.5) is 4.39 Å². The Morgan fingerprint density at radius 1 is 1.27 bits per heavy atom. The van der Waals surface area contributed by atoms with Gasteiger partial charge in [-0.15, -0.1) is 0 Å². The molecule has 0 saturated heterocycles. The zero-order chi connectivity index (χ0) is 22.6. The van der Waals surface area contributed by atoms with Gasteiger partial charge in [0.25, 0.3) is 5.56 Å². The number of esters is 2. The van der Waals surface area contributed by atoms with Crippen LogP contribution in [0.25, 0.3) is 5.69 Å². The number of alkyl halides is 1. The number of halogens is 2. The van der Waals surface area contributed by atoms with Crippen molar-refractivity contribution in [1.29, 1.82) is 0 Å². The molecule has 10 heteroatoms. The van der Waals surface area contributed by atoms with Crippen molar-refractivity contribution >= 4 is 23.5 Å². The SMILES string of the molecule is C=CCOC(=O)C(C)(C)OC(=O)c1cc(-n2c(=O)cc(CF)n(C)c2=O)ccc1Cl. The van der Waals surface area contributed by atoms with Gasteiger partial charge in [-0.1, -0.05) is 24.3 Å². The third-order valence-electron chi connectivity index (χ3n) is 4.16. The van der Waals surface area contributed by atoms with Gasteiger partial charge in [0, 0.05) is 13.1 Å². The number of ether oxygens (including phenoxy) is 2. The summed E-state index contributed by atoms with van der Waals surface area (Å²) in [7, 11) is 1.32. The molecule has 0 unspecified atom stereocenters. The van der Waals surface area contributed by atoms with Crippen molar-refractivity contribution in [2.24, 2.45) is 7.05 Å². The summed E-state index contributed by atoms with van der Waals surface area (Å²) in [5.74, 6) is -1.76. The Morgan fingerprint density at radius 2 is 1.93 bits per heavy atom. The van der Waals surface area contributed by atoms with Crippen LogP contribution in [0.3, 0.4) is 0 Å². The molecular formula is C20H20ClFN2O6. The fourth-order valence-corrected chi connectivity index (χ4v) is 2.68. The average molecular weight is 439 g/mol. The van der Waals surface area contributed by atoms with E-state index < -0.39 is 35.5 Å². The Balaban J connectivity index is 2.46. The first-order chi connectivity index (χ1) is 14.0. The van der Waals surface area contributed by atoms with Gasteiger partial charge in [-0.2, -0.15) is 0 Å². The summed E-state index contributed by atoms with van der Waals surface area (Å²) < 4.78 is 24.8. The van der Waals surface area contributed by atoms with E-state index in [9.17, 15) is 23.6 Å². The van der Waals surface area contributed by atoms with Gasteiger partial charge in [0.15, 0.2) is 0 Å². The van der Waals surface area contributed by atoms with Crippen LogP contribution >= 0.6 is 11.6 Å². The van der Waals surface area contributed by atoms with Crippen LogP contribution in [0.15, 0.2) is 46.5 Å². The lowest BCUT2D eigenvalue weighted by molar-refractivity contribution is -0.161. The molecule has 0 aliphatic rings. The molecule has 0 bridgehead atoms. The number of aromatic nitrogens is 2. The molecule has 1 heterocycles. The highest BCUT2D eigenvalue weighted by Crippen LogP contribution is 2.23. The minimum Gasteiger partial charge on any atom is -0.459 e. The lowest BCUT2D eigenvalue weighted by Gasteiger charge is -2.23. The molecule has 0 fully saturated rings. The molecule has 30 heavy (non-hydrogen) atoms. The predicted molar refractivity (Wildman–Crippen MR) is 108 cm³/mol. The summed E-state index contributed by atoms with van der Waals surface area (Å²) in [5.41, 5.74) is -3.45. The van der Waals surface area contributed by atoms with E-state index in [1.807, 2.05) is 0 Å². The van der Waals surface area contributed by atoms with Gasteiger partial charge in [0.05, 0.1) is 22.0 Å². The molecule has 0 aliphatic heterocycles. The van der Waals surface area contributed by atoms with Gasteiger partial charge in [-0.05, 0) is 32.0 Å². The third-order valence-corrected chi connectivity index (χ3v) is 4.49. The Labute approximate surface area is 176 Å². The molecular weight excluding hydrogens is 419 g/mol. The summed E-state index contributed by atoms with van der Waals surface area (Å²) in [4.78, 5) is 49.5. The summed E-state index contributed by atoms with van der Waals surface area (Å²) in [5, 5.41) is -0.0238. The summed E-state index contributed by atoms with van der Waals surface area (Å²) in [6.45, 7) is 5.05. The first kappa shape index (κ1) is 23.1. The van der Waals surface area contributed by atoms with Gasteiger partial charge in [-0.3, -0.25) is 9.36 Å². The summed E-state index contributed by atoms with van der Waals surface area (Å²) in [6, 6.07) is 4.80. The van der Waals surface area contributed by atoms with Crippen LogP contribution in [0.1, 0.15) is 29.9 Å². The molecule has 0 aliphatic carbocycles. The van der Waals surface area contributed by atoms with Crippen LogP contribution < -0.4 is 11.2 Å². The Hall–Kier alpha value is -3.20. The Morgan fingerprint density at radius 3 is 2.53 bits per heavy atom. The number of nitrogens with zero attached hydrogens (tertiary/aromatic N) is 2. The van der Waals surface area contributed by atoms with E-state index in [4.69, 9.17) is 21.1 Å². The van der Waals surface area contributed by atoms with Crippen LogP contribution in [0, 0.1) is 0 Å². The van der Waals surface area contributed by atoms with Gasteiger partial charge >= 0.3 is 17.6 Å². The molecule has 0 saturated carbocycles. The number of hydrogen-bond acceptors (Lipinski definition) is 6. The molecule has 0 spiro atoms. The fourth-order valence-electron chi connectivity index (χ4n) is 2.48. The number of carbonyl (C=O) groups excluding carboxylic acids is 2. The van der Waals surface area contributed by atoms with E-state index in [1.165, 1.54) is 45.2 Å². The van der Waals surface area contributed by atoms with Crippen LogP contribution in [-0.2, 0) is 28.0 Å². The lowest BCUT2D eigenvalue weighted by atomic mass is 10.1. The minimum absolute atomic E-state index is 0.0226. The molecule has 0 atom stereocenters. The standard InChI is InChI=1S/C20H20ClFN2O6/c1-5-8-29-18(27)20(2,3)30-17(26)14-9-12(6-7-15(14)21)24-16(25)10-13(11-22)23(4)19(24)28/h5-7,9-10H,1,8,11H2,2-4H3. The molecule has 1 aromatic carbocycles. The van der Waals surface area contributed by atoms with Gasteiger partial charge in [-0.25, -0.2) is 23.3 Å². The van der Waals surface area contributed by atoms with Crippen molar-refractivity contribution in [3.05, 3.63) is 74.0 Å². The molecule has 8 nitrogen and oxygen atoms in total. The molecule has 0 N–H and O–H groups in total. The number of carbonyl (C=O) groups is 2. The van der Waals surface area contributed by atoms with E-state index in [0.29, 0.717) is 0 Å². The normalized spacial score (nSPS) is 11.1. The van der Waals surface area contributed by atoms with Crippen molar-refractivity contribution in [2.75, 3.05) is 6.61 Å². The van der Waals surface area contributed by atoms with E-state index in [1.54, 1.807) is 0 Å². The van der Waals surface area contributed by atoms with Gasteiger partial charge in [0.2, 0.25) is 5.60 Å². The van der Waals surface area contributed by atoms with Crippen molar-refractivity contribution in [3.63, 3.8) is 0 Å². The van der Waals surface area contributed by atoms with E-state index >= 15 is 0 Å². The molecule has 160 valence electrons. The first-order valence-corrected chi connectivity index (χ1v) is 9.10. The first-order valence-electron chi connectivity index (χ1n) is 8.72. The highest BCUT2D eigenvalue weighted by atomic mass is 35.5. The minimum atomic E-state index is -1.63. The maximum atomic E-state index is 13.0. The zero-order valence-corrected chi connectivity index (χ0v) is 17.4. The highest BCUT2D eigenvalue weighted by Gasteiger charge is 2.34. The van der Waals surface area contributed by atoms with Crippen molar-refractivity contribution in [1.82, 2.24) is 9.13 Å². The average Bonchev–Trinajstić information content (AvgIpc) is 2.69. The van der Waals surface area contributed by atoms with Crippen molar-refractivity contribution < 1.29 is 23.5 Å². The van der Waals surface area contributed by atoms with Gasteiger partial charge in [0.1, 0.15) is 13.3 Å². The molecule has 1 aromatic heterocycles. The lowest BCUT2D eigenvalue weighted by Crippen LogP contribution is -2.39. The molecule has 0 radical (unpaired) electrons. The maximum absolute atomic E-state index is 13.0. The molecule has 0 amide bonds. The maximum Gasteiger partial charge on any atom is 0.350 e. The second-order valence-electron chi connectivity index (χ2n) is 6.74. The second kappa shape index (κ2) is 9.08.